The van der Waals surface area contributed by atoms with Gasteiger partial charge in [-0.05, 0) is 49.6 Å². The van der Waals surface area contributed by atoms with Crippen LogP contribution >= 0.6 is 15.9 Å². The molecule has 1 aliphatic rings. The Labute approximate surface area is 116 Å². The predicted octanol–water partition coefficient (Wildman–Crippen LogP) is 4.56. The minimum atomic E-state index is 0.504. The first-order valence-electron chi connectivity index (χ1n) is 7.25. The maximum atomic E-state index is 3.66. The highest BCUT2D eigenvalue weighted by Gasteiger charge is 2.29. The van der Waals surface area contributed by atoms with E-state index in [1.807, 2.05) is 0 Å². The fourth-order valence-electron chi connectivity index (χ4n) is 2.97. The number of hydrogen-bond acceptors (Lipinski definition) is 1. The maximum absolute atomic E-state index is 3.66. The van der Waals surface area contributed by atoms with E-state index in [4.69, 9.17) is 0 Å². The molecule has 0 aromatic rings. The lowest BCUT2D eigenvalue weighted by molar-refractivity contribution is 0.102. The fraction of sp³-hybridized carbons (Fsp3) is 1.00. The summed E-state index contributed by atoms with van der Waals surface area (Å²) < 4.78 is 0. The molecule has 0 N–H and O–H groups in total. The van der Waals surface area contributed by atoms with Gasteiger partial charge < -0.3 is 4.90 Å². The second-order valence-corrected chi connectivity index (χ2v) is 7.40. The van der Waals surface area contributed by atoms with Gasteiger partial charge in [0.2, 0.25) is 0 Å². The predicted molar refractivity (Wildman–Crippen MR) is 80.8 cm³/mol. The second kappa shape index (κ2) is 7.13. The summed E-state index contributed by atoms with van der Waals surface area (Å²) in [5, 5.41) is 1.17. The van der Waals surface area contributed by atoms with Gasteiger partial charge in [0.1, 0.15) is 0 Å². The Balaban J connectivity index is 2.31. The topological polar surface area (TPSA) is 3.24 Å². The normalized spacial score (nSPS) is 21.7. The molecule has 0 amide bonds. The number of nitrogens with zero attached hydrogens (tertiary/aromatic N) is 1. The Morgan fingerprint density at radius 2 is 1.82 bits per heavy atom. The third kappa shape index (κ3) is 5.30. The van der Waals surface area contributed by atoms with Crippen molar-refractivity contribution in [3.05, 3.63) is 0 Å². The molecule has 0 radical (unpaired) electrons. The average Bonchev–Trinajstić information content (AvgIpc) is 2.28. The number of halogens is 1. The zero-order chi connectivity index (χ0) is 12.9. The third-order valence-corrected chi connectivity index (χ3v) is 5.16. The summed E-state index contributed by atoms with van der Waals surface area (Å²) in [7, 11) is 0. The largest absolute Gasteiger partial charge is 0.303 e. The lowest BCUT2D eigenvalue weighted by Crippen LogP contribution is -2.40. The van der Waals surface area contributed by atoms with Gasteiger partial charge in [-0.3, -0.25) is 0 Å². The third-order valence-electron chi connectivity index (χ3n) is 4.24. The molecule has 2 heteroatoms. The van der Waals surface area contributed by atoms with Gasteiger partial charge in [0.15, 0.2) is 0 Å². The lowest BCUT2D eigenvalue weighted by atomic mass is 9.75. The van der Waals surface area contributed by atoms with E-state index in [2.05, 4.69) is 48.5 Å². The van der Waals surface area contributed by atoms with Crippen LogP contribution in [0.2, 0.25) is 0 Å². The van der Waals surface area contributed by atoms with Crippen LogP contribution in [0.15, 0.2) is 0 Å². The van der Waals surface area contributed by atoms with Crippen molar-refractivity contribution < 1.29 is 0 Å². The minimum absolute atomic E-state index is 0.504. The van der Waals surface area contributed by atoms with E-state index in [0.717, 1.165) is 11.8 Å². The first-order chi connectivity index (χ1) is 7.97. The summed E-state index contributed by atoms with van der Waals surface area (Å²) in [5.41, 5.74) is 0.504. The molecule has 1 nitrogen and oxygen atoms in total. The van der Waals surface area contributed by atoms with Gasteiger partial charge in [-0.2, -0.15) is 0 Å². The monoisotopic (exact) mass is 303 g/mol. The van der Waals surface area contributed by atoms with Crippen molar-refractivity contribution >= 4 is 15.9 Å². The standard InChI is InChI=1S/C15H30BrN/c1-5-6-13(11-16)12-17-9-7-14(8-10-17)15(2,3)4/h13-14H,5-12H2,1-4H3. The first-order valence-corrected chi connectivity index (χ1v) is 8.37. The molecular weight excluding hydrogens is 274 g/mol. The van der Waals surface area contributed by atoms with Crippen LogP contribution in [0.5, 0.6) is 0 Å². The van der Waals surface area contributed by atoms with Crippen molar-refractivity contribution in [2.24, 2.45) is 17.3 Å². The molecule has 0 spiro atoms. The molecule has 17 heavy (non-hydrogen) atoms. The van der Waals surface area contributed by atoms with Crippen LogP contribution in [0, 0.1) is 17.3 Å². The van der Waals surface area contributed by atoms with E-state index in [9.17, 15) is 0 Å². The summed E-state index contributed by atoms with van der Waals surface area (Å²) in [4.78, 5) is 2.68. The van der Waals surface area contributed by atoms with Crippen LogP contribution in [0.1, 0.15) is 53.4 Å². The molecule has 1 atom stereocenters. The van der Waals surface area contributed by atoms with Crippen molar-refractivity contribution in [1.82, 2.24) is 4.90 Å². The van der Waals surface area contributed by atoms with Crippen molar-refractivity contribution in [2.45, 2.75) is 53.4 Å². The second-order valence-electron chi connectivity index (χ2n) is 6.75. The zero-order valence-corrected chi connectivity index (χ0v) is 13.7. The summed E-state index contributed by atoms with van der Waals surface area (Å²) in [6.45, 7) is 13.4. The molecule has 102 valence electrons. The van der Waals surface area contributed by atoms with Crippen LogP contribution in [-0.2, 0) is 0 Å². The molecule has 1 rings (SSSR count). The highest BCUT2D eigenvalue weighted by Crippen LogP contribution is 2.34. The van der Waals surface area contributed by atoms with Crippen LogP contribution < -0.4 is 0 Å². The quantitative estimate of drug-likeness (QED) is 0.673. The first kappa shape index (κ1) is 15.5. The van der Waals surface area contributed by atoms with Gasteiger partial charge in [-0.25, -0.2) is 0 Å². The molecule has 1 unspecified atom stereocenters. The summed E-state index contributed by atoms with van der Waals surface area (Å²) in [5.74, 6) is 1.78. The Kier molecular flexibility index (Phi) is 6.50. The molecule has 0 aromatic carbocycles. The van der Waals surface area contributed by atoms with Gasteiger partial charge in [-0.15, -0.1) is 0 Å². The Hall–Kier alpha value is 0.440. The smallest absolute Gasteiger partial charge is 0.00718 e. The maximum Gasteiger partial charge on any atom is 0.00718 e. The molecule has 1 fully saturated rings. The average molecular weight is 304 g/mol. The fourth-order valence-corrected chi connectivity index (χ4v) is 3.50. The van der Waals surface area contributed by atoms with Gasteiger partial charge in [0, 0.05) is 11.9 Å². The molecule has 1 saturated heterocycles. The number of likely N-dealkylation sites (tertiary alicyclic amines) is 1. The van der Waals surface area contributed by atoms with Crippen LogP contribution in [0.25, 0.3) is 0 Å². The van der Waals surface area contributed by atoms with Crippen molar-refractivity contribution in [2.75, 3.05) is 25.0 Å². The summed E-state index contributed by atoms with van der Waals surface area (Å²) in [6, 6.07) is 0. The Morgan fingerprint density at radius 3 is 2.24 bits per heavy atom. The van der Waals surface area contributed by atoms with E-state index in [0.29, 0.717) is 5.41 Å². The van der Waals surface area contributed by atoms with Gasteiger partial charge in [-0.1, -0.05) is 50.0 Å². The van der Waals surface area contributed by atoms with Gasteiger partial charge >= 0.3 is 0 Å². The van der Waals surface area contributed by atoms with Gasteiger partial charge in [0.25, 0.3) is 0 Å². The van der Waals surface area contributed by atoms with E-state index in [-0.39, 0.29) is 0 Å². The molecule has 1 aliphatic heterocycles. The number of rotatable bonds is 5. The van der Waals surface area contributed by atoms with Crippen LogP contribution in [0.3, 0.4) is 0 Å². The molecule has 0 bridgehead atoms. The summed E-state index contributed by atoms with van der Waals surface area (Å²) in [6.07, 6.45) is 5.47. The molecule has 0 aromatic heterocycles. The Morgan fingerprint density at radius 1 is 1.24 bits per heavy atom. The number of alkyl halides is 1. The lowest BCUT2D eigenvalue weighted by Gasteiger charge is -2.39. The van der Waals surface area contributed by atoms with Crippen molar-refractivity contribution in [3.8, 4) is 0 Å². The highest BCUT2D eigenvalue weighted by molar-refractivity contribution is 9.09. The molecule has 0 saturated carbocycles. The minimum Gasteiger partial charge on any atom is -0.303 e. The molecular formula is C15H30BrN. The molecule has 0 aliphatic carbocycles. The van der Waals surface area contributed by atoms with Gasteiger partial charge in [0.05, 0.1) is 0 Å². The van der Waals surface area contributed by atoms with E-state index < -0.39 is 0 Å². The highest BCUT2D eigenvalue weighted by atomic mass is 79.9. The van der Waals surface area contributed by atoms with E-state index in [1.165, 1.54) is 50.6 Å². The van der Waals surface area contributed by atoms with Crippen LogP contribution in [-0.4, -0.2) is 29.9 Å². The van der Waals surface area contributed by atoms with Crippen molar-refractivity contribution in [3.63, 3.8) is 0 Å². The van der Waals surface area contributed by atoms with E-state index in [1.54, 1.807) is 0 Å². The number of piperidine rings is 1. The van der Waals surface area contributed by atoms with E-state index >= 15 is 0 Å². The molecule has 1 heterocycles. The SMILES string of the molecule is CCCC(CBr)CN1CCC(C(C)(C)C)CC1. The summed E-state index contributed by atoms with van der Waals surface area (Å²) >= 11 is 3.66. The Bertz CT molecular complexity index is 201. The van der Waals surface area contributed by atoms with Crippen LogP contribution in [0.4, 0.5) is 0 Å². The zero-order valence-electron chi connectivity index (χ0n) is 12.1. The number of hydrogen-bond donors (Lipinski definition) is 0. The van der Waals surface area contributed by atoms with Crippen molar-refractivity contribution in [1.29, 1.82) is 0 Å².